The van der Waals surface area contributed by atoms with E-state index in [1.807, 2.05) is 12.4 Å². The Bertz CT molecular complexity index is 534. The first-order chi connectivity index (χ1) is 9.88. The van der Waals surface area contributed by atoms with E-state index < -0.39 is 0 Å². The second kappa shape index (κ2) is 4.19. The molecule has 2 atom stereocenters. The van der Waals surface area contributed by atoms with Crippen LogP contribution < -0.4 is 11.1 Å². The number of aromatic nitrogens is 2. The molecule has 21 heavy (non-hydrogen) atoms. The van der Waals surface area contributed by atoms with Gasteiger partial charge in [0, 0.05) is 30.0 Å². The summed E-state index contributed by atoms with van der Waals surface area (Å²) in [4.78, 5) is 8.20. The van der Waals surface area contributed by atoms with Crippen LogP contribution in [0, 0.1) is 16.7 Å². The maximum Gasteiger partial charge on any atom is 0.219 e. The van der Waals surface area contributed by atoms with E-state index in [-0.39, 0.29) is 0 Å². The summed E-state index contributed by atoms with van der Waals surface area (Å²) in [7, 11) is 0. The van der Waals surface area contributed by atoms with Crippen LogP contribution in [0.1, 0.15) is 57.9 Å². The molecule has 4 saturated carbocycles. The highest BCUT2D eigenvalue weighted by molar-refractivity contribution is 5.19. The van der Waals surface area contributed by atoms with Crippen molar-refractivity contribution >= 4 is 5.95 Å². The second-order valence-electron chi connectivity index (χ2n) is 8.71. The molecule has 4 bridgehead atoms. The summed E-state index contributed by atoms with van der Waals surface area (Å²) in [5.74, 6) is 1.28. The number of hydrogen-bond donors (Lipinski definition) is 2. The van der Waals surface area contributed by atoms with Gasteiger partial charge in [-0.25, -0.2) is 9.97 Å². The number of nitrogens with zero attached hydrogens (tertiary/aromatic N) is 2. The molecule has 0 unspecified atom stereocenters. The van der Waals surface area contributed by atoms with Crippen LogP contribution in [-0.4, -0.2) is 15.5 Å². The van der Waals surface area contributed by atoms with Crippen molar-refractivity contribution in [2.24, 2.45) is 16.7 Å². The molecule has 0 amide bonds. The molecule has 4 fully saturated rings. The van der Waals surface area contributed by atoms with E-state index in [1.54, 1.807) is 0 Å². The Hall–Kier alpha value is -1.16. The fourth-order valence-corrected chi connectivity index (χ4v) is 6.39. The number of nitrogens with one attached hydrogen (secondary N) is 1. The zero-order chi connectivity index (χ0) is 14.7. The Balaban J connectivity index is 1.53. The van der Waals surface area contributed by atoms with Crippen LogP contribution >= 0.6 is 0 Å². The third-order valence-electron chi connectivity index (χ3n) is 6.02. The summed E-state index contributed by atoms with van der Waals surface area (Å²) < 4.78 is 0. The first-order valence-corrected chi connectivity index (χ1v) is 8.19. The van der Waals surface area contributed by atoms with E-state index in [2.05, 4.69) is 29.1 Å². The standard InChI is InChI=1S/C17H26N4/c1-15-3-12-4-16(2,9-15)11-17(5-12,10-15)21-8-13-6-19-14(18)20-7-13/h6-7,12,21H,3-5,8-11H2,1-2H3,(H2,18,19,20)/t12?,15-,16-,17?/m1/s1. The van der Waals surface area contributed by atoms with Gasteiger partial charge in [0.1, 0.15) is 0 Å². The van der Waals surface area contributed by atoms with Gasteiger partial charge in [0.2, 0.25) is 5.95 Å². The van der Waals surface area contributed by atoms with E-state index in [0.29, 0.717) is 22.3 Å². The average molecular weight is 286 g/mol. The van der Waals surface area contributed by atoms with E-state index in [4.69, 9.17) is 5.73 Å². The second-order valence-corrected chi connectivity index (χ2v) is 8.71. The third kappa shape index (κ3) is 2.33. The average Bonchev–Trinajstić information content (AvgIpc) is 2.34. The summed E-state index contributed by atoms with van der Waals surface area (Å²) in [5.41, 5.74) is 8.14. The van der Waals surface area contributed by atoms with Crippen molar-refractivity contribution in [2.45, 2.75) is 64.5 Å². The van der Waals surface area contributed by atoms with Crippen molar-refractivity contribution in [3.05, 3.63) is 18.0 Å². The van der Waals surface area contributed by atoms with Crippen LogP contribution in [0.4, 0.5) is 5.95 Å². The Morgan fingerprint density at radius 3 is 2.29 bits per heavy atom. The molecule has 4 nitrogen and oxygen atoms in total. The van der Waals surface area contributed by atoms with Gasteiger partial charge >= 0.3 is 0 Å². The minimum atomic E-state index is 0.338. The monoisotopic (exact) mass is 286 g/mol. The van der Waals surface area contributed by atoms with Gasteiger partial charge in [0.05, 0.1) is 0 Å². The lowest BCUT2D eigenvalue weighted by atomic mass is 9.43. The molecule has 1 heterocycles. The van der Waals surface area contributed by atoms with E-state index in [0.717, 1.165) is 18.0 Å². The number of nitrogen functional groups attached to an aromatic ring is 1. The fraction of sp³-hybridized carbons (Fsp3) is 0.765. The summed E-state index contributed by atoms with van der Waals surface area (Å²) in [6.45, 7) is 5.89. The Labute approximate surface area is 126 Å². The van der Waals surface area contributed by atoms with E-state index in [1.165, 1.54) is 38.5 Å². The molecule has 0 aliphatic heterocycles. The highest BCUT2D eigenvalue weighted by atomic mass is 15.0. The fourth-order valence-electron chi connectivity index (χ4n) is 6.39. The van der Waals surface area contributed by atoms with Gasteiger partial charge < -0.3 is 11.1 Å². The zero-order valence-corrected chi connectivity index (χ0v) is 13.2. The van der Waals surface area contributed by atoms with Gasteiger partial charge in [-0.2, -0.15) is 0 Å². The molecular weight excluding hydrogens is 260 g/mol. The zero-order valence-electron chi connectivity index (χ0n) is 13.2. The highest BCUT2D eigenvalue weighted by Gasteiger charge is 2.59. The van der Waals surface area contributed by atoms with Crippen molar-refractivity contribution in [3.63, 3.8) is 0 Å². The lowest BCUT2D eigenvalue weighted by Gasteiger charge is -2.65. The largest absolute Gasteiger partial charge is 0.368 e. The van der Waals surface area contributed by atoms with Crippen molar-refractivity contribution in [1.82, 2.24) is 15.3 Å². The van der Waals surface area contributed by atoms with Crippen LogP contribution in [0.2, 0.25) is 0 Å². The van der Waals surface area contributed by atoms with Gasteiger partial charge in [0.15, 0.2) is 0 Å². The molecule has 0 radical (unpaired) electrons. The molecule has 114 valence electrons. The molecular formula is C17H26N4. The molecule has 0 aromatic carbocycles. The summed E-state index contributed by atoms with van der Waals surface area (Å²) in [6, 6.07) is 0. The van der Waals surface area contributed by atoms with Crippen molar-refractivity contribution in [2.75, 3.05) is 5.73 Å². The molecule has 4 aliphatic rings. The van der Waals surface area contributed by atoms with Gasteiger partial charge in [0.25, 0.3) is 0 Å². The molecule has 4 heteroatoms. The molecule has 1 aromatic rings. The number of anilines is 1. The summed E-state index contributed by atoms with van der Waals surface area (Å²) in [5, 5.41) is 3.89. The lowest BCUT2D eigenvalue weighted by Crippen LogP contribution is -2.63. The molecule has 0 saturated heterocycles. The third-order valence-corrected chi connectivity index (χ3v) is 6.02. The Morgan fingerprint density at radius 1 is 1.10 bits per heavy atom. The first-order valence-electron chi connectivity index (χ1n) is 8.19. The van der Waals surface area contributed by atoms with Crippen LogP contribution in [0.3, 0.4) is 0 Å². The molecule has 1 aromatic heterocycles. The van der Waals surface area contributed by atoms with Crippen LogP contribution in [-0.2, 0) is 6.54 Å². The molecule has 0 spiro atoms. The minimum Gasteiger partial charge on any atom is -0.368 e. The quantitative estimate of drug-likeness (QED) is 0.897. The number of rotatable bonds is 3. The predicted molar refractivity (Wildman–Crippen MR) is 83.4 cm³/mol. The van der Waals surface area contributed by atoms with Gasteiger partial charge in [-0.3, -0.25) is 0 Å². The van der Waals surface area contributed by atoms with Crippen molar-refractivity contribution in [3.8, 4) is 0 Å². The van der Waals surface area contributed by atoms with Gasteiger partial charge in [-0.15, -0.1) is 0 Å². The molecule has 4 aliphatic carbocycles. The summed E-state index contributed by atoms with van der Waals surface area (Å²) >= 11 is 0. The van der Waals surface area contributed by atoms with E-state index >= 15 is 0 Å². The van der Waals surface area contributed by atoms with Crippen LogP contribution in [0.15, 0.2) is 12.4 Å². The topological polar surface area (TPSA) is 63.8 Å². The van der Waals surface area contributed by atoms with Gasteiger partial charge in [-0.1, -0.05) is 13.8 Å². The number of nitrogens with two attached hydrogens (primary N) is 1. The molecule has 3 N–H and O–H groups in total. The SMILES string of the molecule is C[C@]12CC3CC(NCc4cnc(N)nc4)(C1)C[C@](C)(C3)C2. The minimum absolute atomic E-state index is 0.338. The maximum absolute atomic E-state index is 5.56. The van der Waals surface area contributed by atoms with Crippen molar-refractivity contribution < 1.29 is 0 Å². The normalized spacial score (nSPS) is 44.2. The Kier molecular flexibility index (Phi) is 2.69. The Morgan fingerprint density at radius 2 is 1.71 bits per heavy atom. The predicted octanol–water partition coefficient (Wildman–Crippen LogP) is 2.90. The van der Waals surface area contributed by atoms with Crippen molar-refractivity contribution in [1.29, 1.82) is 0 Å². The number of hydrogen-bond acceptors (Lipinski definition) is 4. The summed E-state index contributed by atoms with van der Waals surface area (Å²) in [6.07, 6.45) is 12.0. The van der Waals surface area contributed by atoms with E-state index in [9.17, 15) is 0 Å². The van der Waals surface area contributed by atoms with Gasteiger partial charge in [-0.05, 0) is 55.3 Å². The lowest BCUT2D eigenvalue weighted by molar-refractivity contribution is -0.118. The maximum atomic E-state index is 5.56. The molecule has 5 rings (SSSR count). The van der Waals surface area contributed by atoms with Crippen LogP contribution in [0.5, 0.6) is 0 Å². The highest BCUT2D eigenvalue weighted by Crippen LogP contribution is 2.66. The smallest absolute Gasteiger partial charge is 0.219 e. The first kappa shape index (κ1) is 13.5. The van der Waals surface area contributed by atoms with Crippen LogP contribution in [0.25, 0.3) is 0 Å².